The first kappa shape index (κ1) is 18.4. The van der Waals surface area contributed by atoms with E-state index in [4.69, 9.17) is 18.9 Å². The third kappa shape index (κ3) is 4.32. The Bertz CT molecular complexity index is 738. The van der Waals surface area contributed by atoms with Crippen LogP contribution in [-0.4, -0.2) is 34.3 Å². The van der Waals surface area contributed by atoms with Gasteiger partial charge in [-0.3, -0.25) is 4.79 Å². The van der Waals surface area contributed by atoms with Crippen LogP contribution in [0.5, 0.6) is 23.0 Å². The van der Waals surface area contributed by atoms with Gasteiger partial charge in [0.2, 0.25) is 11.7 Å². The fourth-order valence-corrected chi connectivity index (χ4v) is 2.36. The molecule has 1 amide bonds. The minimum absolute atomic E-state index is 0.0115. The van der Waals surface area contributed by atoms with Gasteiger partial charge >= 0.3 is 0 Å². The first-order valence-electron chi connectivity index (χ1n) is 7.44. The van der Waals surface area contributed by atoms with Crippen molar-refractivity contribution in [1.82, 2.24) is 0 Å². The molecule has 0 saturated carbocycles. The van der Waals surface area contributed by atoms with E-state index in [9.17, 15) is 9.18 Å². The Labute approximate surface area is 145 Å². The standard InChI is InChI=1S/C18H20FNO5/c1-22-14-6-5-11(7-13(14)19)8-17(21)20-12-9-15(23-2)18(25-4)16(10-12)24-3/h5-7,9-10H,8H2,1-4H3,(H,20,21). The molecule has 25 heavy (non-hydrogen) atoms. The second-order valence-electron chi connectivity index (χ2n) is 5.11. The van der Waals surface area contributed by atoms with E-state index < -0.39 is 5.82 Å². The van der Waals surface area contributed by atoms with E-state index in [0.29, 0.717) is 28.5 Å². The minimum Gasteiger partial charge on any atom is -0.494 e. The molecule has 0 heterocycles. The van der Waals surface area contributed by atoms with Crippen molar-refractivity contribution in [3.63, 3.8) is 0 Å². The van der Waals surface area contributed by atoms with Gasteiger partial charge in [0.05, 0.1) is 34.9 Å². The van der Waals surface area contributed by atoms with Gasteiger partial charge in [-0.2, -0.15) is 0 Å². The molecule has 2 rings (SSSR count). The molecule has 7 heteroatoms. The summed E-state index contributed by atoms with van der Waals surface area (Å²) in [6, 6.07) is 7.63. The predicted molar refractivity (Wildman–Crippen MR) is 91.4 cm³/mol. The molecule has 0 aliphatic carbocycles. The lowest BCUT2D eigenvalue weighted by molar-refractivity contribution is -0.115. The molecule has 1 N–H and O–H groups in total. The Balaban J connectivity index is 2.16. The smallest absolute Gasteiger partial charge is 0.228 e. The van der Waals surface area contributed by atoms with Gasteiger partial charge in [-0.1, -0.05) is 6.07 Å². The van der Waals surface area contributed by atoms with Crippen LogP contribution in [0.4, 0.5) is 10.1 Å². The Morgan fingerprint density at radius 3 is 2.00 bits per heavy atom. The molecule has 0 fully saturated rings. The summed E-state index contributed by atoms with van der Waals surface area (Å²) in [6.45, 7) is 0. The average Bonchev–Trinajstić information content (AvgIpc) is 2.60. The minimum atomic E-state index is -0.513. The van der Waals surface area contributed by atoms with Crippen LogP contribution in [0.25, 0.3) is 0 Å². The fourth-order valence-electron chi connectivity index (χ4n) is 2.36. The summed E-state index contributed by atoms with van der Waals surface area (Å²) in [5, 5.41) is 2.73. The normalized spacial score (nSPS) is 10.1. The van der Waals surface area contributed by atoms with E-state index in [-0.39, 0.29) is 18.1 Å². The summed E-state index contributed by atoms with van der Waals surface area (Å²) in [7, 11) is 5.86. The highest BCUT2D eigenvalue weighted by Gasteiger charge is 2.15. The molecular formula is C18H20FNO5. The van der Waals surface area contributed by atoms with Crippen molar-refractivity contribution in [3.05, 3.63) is 41.7 Å². The van der Waals surface area contributed by atoms with Crippen molar-refractivity contribution in [1.29, 1.82) is 0 Å². The molecular weight excluding hydrogens is 329 g/mol. The highest BCUT2D eigenvalue weighted by atomic mass is 19.1. The van der Waals surface area contributed by atoms with Gasteiger partial charge < -0.3 is 24.3 Å². The number of methoxy groups -OCH3 is 4. The lowest BCUT2D eigenvalue weighted by Gasteiger charge is -2.14. The lowest BCUT2D eigenvalue weighted by atomic mass is 10.1. The molecule has 0 unspecified atom stereocenters. The number of carbonyl (C=O) groups excluding carboxylic acids is 1. The van der Waals surface area contributed by atoms with Crippen LogP contribution >= 0.6 is 0 Å². The van der Waals surface area contributed by atoms with Crippen LogP contribution in [0, 0.1) is 5.82 Å². The number of anilines is 1. The largest absolute Gasteiger partial charge is 0.494 e. The van der Waals surface area contributed by atoms with Crippen LogP contribution in [0.1, 0.15) is 5.56 Å². The monoisotopic (exact) mass is 349 g/mol. The van der Waals surface area contributed by atoms with Crippen molar-refractivity contribution in [3.8, 4) is 23.0 Å². The zero-order chi connectivity index (χ0) is 18.4. The van der Waals surface area contributed by atoms with E-state index in [1.165, 1.54) is 40.6 Å². The number of nitrogens with one attached hydrogen (secondary N) is 1. The second kappa shape index (κ2) is 8.23. The van der Waals surface area contributed by atoms with Crippen molar-refractivity contribution >= 4 is 11.6 Å². The van der Waals surface area contributed by atoms with Crippen molar-refractivity contribution in [2.45, 2.75) is 6.42 Å². The van der Waals surface area contributed by atoms with Crippen LogP contribution in [0.3, 0.4) is 0 Å². The third-order valence-electron chi connectivity index (χ3n) is 3.53. The highest BCUT2D eigenvalue weighted by molar-refractivity contribution is 5.93. The van der Waals surface area contributed by atoms with E-state index in [2.05, 4.69) is 5.32 Å². The number of rotatable bonds is 7. The number of ether oxygens (including phenoxy) is 4. The summed E-state index contributed by atoms with van der Waals surface area (Å²) in [5.74, 6) is 0.591. The summed E-state index contributed by atoms with van der Waals surface area (Å²) in [6.07, 6.45) is 0.0115. The zero-order valence-corrected chi connectivity index (χ0v) is 14.5. The van der Waals surface area contributed by atoms with Gasteiger partial charge in [0, 0.05) is 17.8 Å². The predicted octanol–water partition coefficient (Wildman–Crippen LogP) is 3.04. The Kier molecular flexibility index (Phi) is 6.05. The second-order valence-corrected chi connectivity index (χ2v) is 5.11. The third-order valence-corrected chi connectivity index (χ3v) is 3.53. The maximum Gasteiger partial charge on any atom is 0.228 e. The Hall–Kier alpha value is -2.96. The molecule has 2 aromatic carbocycles. The lowest BCUT2D eigenvalue weighted by Crippen LogP contribution is -2.14. The van der Waals surface area contributed by atoms with Gasteiger partial charge in [0.1, 0.15) is 0 Å². The molecule has 2 aromatic rings. The molecule has 0 aromatic heterocycles. The quantitative estimate of drug-likeness (QED) is 0.832. The molecule has 0 bridgehead atoms. The van der Waals surface area contributed by atoms with Gasteiger partial charge in [-0.25, -0.2) is 4.39 Å². The van der Waals surface area contributed by atoms with E-state index >= 15 is 0 Å². The van der Waals surface area contributed by atoms with Gasteiger partial charge in [0.25, 0.3) is 0 Å². The average molecular weight is 349 g/mol. The van der Waals surface area contributed by atoms with E-state index in [1.807, 2.05) is 0 Å². The fraction of sp³-hybridized carbons (Fsp3) is 0.278. The molecule has 0 radical (unpaired) electrons. The van der Waals surface area contributed by atoms with E-state index in [0.717, 1.165) is 0 Å². The number of hydrogen-bond acceptors (Lipinski definition) is 5. The molecule has 0 atom stereocenters. The number of halogens is 1. The van der Waals surface area contributed by atoms with Crippen LogP contribution < -0.4 is 24.3 Å². The molecule has 0 saturated heterocycles. The molecule has 0 aliphatic heterocycles. The Morgan fingerprint density at radius 1 is 0.920 bits per heavy atom. The van der Waals surface area contributed by atoms with Gasteiger partial charge in [0.15, 0.2) is 23.1 Å². The zero-order valence-electron chi connectivity index (χ0n) is 14.5. The van der Waals surface area contributed by atoms with Crippen LogP contribution in [0.2, 0.25) is 0 Å². The van der Waals surface area contributed by atoms with E-state index in [1.54, 1.807) is 18.2 Å². The SMILES string of the molecule is COc1ccc(CC(=O)Nc2cc(OC)c(OC)c(OC)c2)cc1F. The summed E-state index contributed by atoms with van der Waals surface area (Å²) < 4.78 is 34.3. The first-order chi connectivity index (χ1) is 12.0. The molecule has 6 nitrogen and oxygen atoms in total. The van der Waals surface area contributed by atoms with Crippen molar-refractivity contribution in [2.24, 2.45) is 0 Å². The summed E-state index contributed by atoms with van der Waals surface area (Å²) in [5.41, 5.74) is 1.01. The Morgan fingerprint density at radius 2 is 1.52 bits per heavy atom. The maximum atomic E-state index is 13.7. The van der Waals surface area contributed by atoms with Gasteiger partial charge in [-0.05, 0) is 17.7 Å². The number of carbonyl (C=O) groups is 1. The first-order valence-corrected chi connectivity index (χ1v) is 7.44. The molecule has 0 spiro atoms. The molecule has 0 aliphatic rings. The maximum absolute atomic E-state index is 13.7. The summed E-state index contributed by atoms with van der Waals surface area (Å²) >= 11 is 0. The van der Waals surface area contributed by atoms with Crippen molar-refractivity contribution in [2.75, 3.05) is 33.8 Å². The van der Waals surface area contributed by atoms with Crippen molar-refractivity contribution < 1.29 is 28.1 Å². The topological polar surface area (TPSA) is 66.0 Å². The molecule has 134 valence electrons. The van der Waals surface area contributed by atoms with Crippen LogP contribution in [0.15, 0.2) is 30.3 Å². The number of benzene rings is 2. The number of amides is 1. The van der Waals surface area contributed by atoms with Gasteiger partial charge in [-0.15, -0.1) is 0 Å². The highest BCUT2D eigenvalue weighted by Crippen LogP contribution is 2.39. The summed E-state index contributed by atoms with van der Waals surface area (Å²) in [4.78, 5) is 12.2. The number of hydrogen-bond donors (Lipinski definition) is 1. The van der Waals surface area contributed by atoms with Crippen LogP contribution in [-0.2, 0) is 11.2 Å².